The van der Waals surface area contributed by atoms with Gasteiger partial charge >= 0.3 is 0 Å². The SMILES string of the molecule is Cc1cccc(NC(=O)c2cncc(C(=O)N3CCOCC3)c2)c1. The van der Waals surface area contributed by atoms with Gasteiger partial charge in [0.1, 0.15) is 0 Å². The van der Waals surface area contributed by atoms with Crippen molar-refractivity contribution in [1.29, 1.82) is 0 Å². The van der Waals surface area contributed by atoms with E-state index in [0.29, 0.717) is 43.1 Å². The summed E-state index contributed by atoms with van der Waals surface area (Å²) in [6, 6.07) is 9.12. The Kier molecular flexibility index (Phi) is 4.86. The number of ether oxygens (including phenoxy) is 1. The van der Waals surface area contributed by atoms with Crippen molar-refractivity contribution in [2.45, 2.75) is 6.92 Å². The maximum absolute atomic E-state index is 12.5. The van der Waals surface area contributed by atoms with Crippen LogP contribution in [0.4, 0.5) is 5.69 Å². The van der Waals surface area contributed by atoms with Gasteiger partial charge in [0.25, 0.3) is 11.8 Å². The van der Waals surface area contributed by atoms with Crippen LogP contribution in [-0.4, -0.2) is 48.0 Å². The smallest absolute Gasteiger partial charge is 0.257 e. The number of nitrogens with zero attached hydrogens (tertiary/aromatic N) is 2. The molecule has 0 bridgehead atoms. The number of aryl methyl sites for hydroxylation is 1. The second-order valence-electron chi connectivity index (χ2n) is 5.69. The van der Waals surface area contributed by atoms with Crippen molar-refractivity contribution in [3.63, 3.8) is 0 Å². The van der Waals surface area contributed by atoms with E-state index >= 15 is 0 Å². The molecule has 3 rings (SSSR count). The standard InChI is InChI=1S/C18H19N3O3/c1-13-3-2-4-16(9-13)20-17(22)14-10-15(12-19-11-14)18(23)21-5-7-24-8-6-21/h2-4,9-12H,5-8H2,1H3,(H,20,22). The lowest BCUT2D eigenvalue weighted by molar-refractivity contribution is 0.0302. The third-order valence-electron chi connectivity index (χ3n) is 3.82. The molecule has 6 nitrogen and oxygen atoms in total. The monoisotopic (exact) mass is 325 g/mol. The Balaban J connectivity index is 1.74. The van der Waals surface area contributed by atoms with Crippen molar-refractivity contribution >= 4 is 17.5 Å². The Morgan fingerprint density at radius 1 is 1.12 bits per heavy atom. The van der Waals surface area contributed by atoms with Crippen molar-refractivity contribution in [3.05, 3.63) is 59.4 Å². The Labute approximate surface area is 140 Å². The molecule has 124 valence electrons. The summed E-state index contributed by atoms with van der Waals surface area (Å²) in [5.41, 5.74) is 2.54. The molecule has 0 saturated carbocycles. The van der Waals surface area contributed by atoms with Crippen LogP contribution in [0.1, 0.15) is 26.3 Å². The van der Waals surface area contributed by atoms with Gasteiger partial charge in [-0.2, -0.15) is 0 Å². The molecule has 1 aliphatic rings. The van der Waals surface area contributed by atoms with Gasteiger partial charge in [-0.25, -0.2) is 0 Å². The van der Waals surface area contributed by atoms with Gasteiger partial charge in [0.15, 0.2) is 0 Å². The molecule has 24 heavy (non-hydrogen) atoms. The molecule has 1 aromatic heterocycles. The summed E-state index contributed by atoms with van der Waals surface area (Å²) in [6.45, 7) is 4.13. The molecular formula is C18H19N3O3. The fourth-order valence-corrected chi connectivity index (χ4v) is 2.56. The van der Waals surface area contributed by atoms with Gasteiger partial charge in [-0.05, 0) is 30.7 Å². The molecule has 0 unspecified atom stereocenters. The first-order valence-corrected chi connectivity index (χ1v) is 7.83. The fraction of sp³-hybridized carbons (Fsp3) is 0.278. The number of aromatic nitrogens is 1. The normalized spacial score (nSPS) is 14.3. The van der Waals surface area contributed by atoms with Crippen molar-refractivity contribution in [2.24, 2.45) is 0 Å². The molecule has 0 atom stereocenters. The summed E-state index contributed by atoms with van der Waals surface area (Å²) < 4.78 is 5.25. The van der Waals surface area contributed by atoms with Crippen LogP contribution in [0.2, 0.25) is 0 Å². The quantitative estimate of drug-likeness (QED) is 0.938. The molecule has 2 heterocycles. The molecule has 1 aromatic carbocycles. The number of benzene rings is 1. The lowest BCUT2D eigenvalue weighted by Crippen LogP contribution is -2.40. The van der Waals surface area contributed by atoms with Gasteiger partial charge in [0.05, 0.1) is 24.3 Å². The maximum Gasteiger partial charge on any atom is 0.257 e. The molecule has 1 saturated heterocycles. The van der Waals surface area contributed by atoms with Crippen LogP contribution in [0.25, 0.3) is 0 Å². The highest BCUT2D eigenvalue weighted by Crippen LogP contribution is 2.13. The van der Waals surface area contributed by atoms with Gasteiger partial charge in [0, 0.05) is 31.2 Å². The maximum atomic E-state index is 12.5. The van der Waals surface area contributed by atoms with E-state index in [9.17, 15) is 9.59 Å². The Hall–Kier alpha value is -2.73. The van der Waals surface area contributed by atoms with E-state index in [1.807, 2.05) is 31.2 Å². The Morgan fingerprint density at radius 3 is 2.62 bits per heavy atom. The number of amides is 2. The van der Waals surface area contributed by atoms with Gasteiger partial charge in [-0.15, -0.1) is 0 Å². The number of carbonyl (C=O) groups excluding carboxylic acids is 2. The minimum Gasteiger partial charge on any atom is -0.378 e. The van der Waals surface area contributed by atoms with Gasteiger partial charge < -0.3 is 15.0 Å². The van der Waals surface area contributed by atoms with Crippen LogP contribution in [0.5, 0.6) is 0 Å². The largest absolute Gasteiger partial charge is 0.378 e. The number of carbonyl (C=O) groups is 2. The third-order valence-corrected chi connectivity index (χ3v) is 3.82. The molecule has 0 aliphatic carbocycles. The van der Waals surface area contributed by atoms with Crippen LogP contribution in [0.3, 0.4) is 0 Å². The van der Waals surface area contributed by atoms with E-state index < -0.39 is 0 Å². The van der Waals surface area contributed by atoms with Crippen LogP contribution >= 0.6 is 0 Å². The number of morpholine rings is 1. The van der Waals surface area contributed by atoms with Gasteiger partial charge in [-0.1, -0.05) is 12.1 Å². The summed E-state index contributed by atoms with van der Waals surface area (Å²) in [5, 5.41) is 2.82. The molecule has 0 radical (unpaired) electrons. The fourth-order valence-electron chi connectivity index (χ4n) is 2.56. The van der Waals surface area contributed by atoms with E-state index in [1.54, 1.807) is 11.0 Å². The van der Waals surface area contributed by atoms with E-state index in [-0.39, 0.29) is 11.8 Å². The molecular weight excluding hydrogens is 306 g/mol. The average molecular weight is 325 g/mol. The lowest BCUT2D eigenvalue weighted by atomic mass is 10.1. The summed E-state index contributed by atoms with van der Waals surface area (Å²) >= 11 is 0. The van der Waals surface area contributed by atoms with E-state index in [1.165, 1.54) is 12.4 Å². The Morgan fingerprint density at radius 2 is 1.88 bits per heavy atom. The number of nitrogens with one attached hydrogen (secondary N) is 1. The molecule has 2 aromatic rings. The minimum absolute atomic E-state index is 0.129. The van der Waals surface area contributed by atoms with E-state index in [0.717, 1.165) is 5.56 Å². The summed E-state index contributed by atoms with van der Waals surface area (Å²) in [4.78, 5) is 30.6. The van der Waals surface area contributed by atoms with Crippen molar-refractivity contribution in [3.8, 4) is 0 Å². The second kappa shape index (κ2) is 7.23. The number of pyridine rings is 1. The molecule has 1 N–H and O–H groups in total. The first-order chi connectivity index (χ1) is 11.6. The van der Waals surface area contributed by atoms with Crippen molar-refractivity contribution in [2.75, 3.05) is 31.6 Å². The highest BCUT2D eigenvalue weighted by molar-refractivity contribution is 6.05. The van der Waals surface area contributed by atoms with Gasteiger partial charge in [0.2, 0.25) is 0 Å². The first-order valence-electron chi connectivity index (χ1n) is 7.83. The van der Waals surface area contributed by atoms with Crippen LogP contribution in [0.15, 0.2) is 42.7 Å². The number of rotatable bonds is 3. The summed E-state index contributed by atoms with van der Waals surface area (Å²) in [7, 11) is 0. The number of hydrogen-bond acceptors (Lipinski definition) is 4. The van der Waals surface area contributed by atoms with Crippen LogP contribution < -0.4 is 5.32 Å². The molecule has 0 spiro atoms. The van der Waals surface area contributed by atoms with E-state index in [4.69, 9.17) is 4.74 Å². The highest BCUT2D eigenvalue weighted by Gasteiger charge is 2.20. The average Bonchev–Trinajstić information content (AvgIpc) is 2.62. The highest BCUT2D eigenvalue weighted by atomic mass is 16.5. The zero-order chi connectivity index (χ0) is 16.9. The number of anilines is 1. The lowest BCUT2D eigenvalue weighted by Gasteiger charge is -2.26. The van der Waals surface area contributed by atoms with Crippen LogP contribution in [-0.2, 0) is 4.74 Å². The van der Waals surface area contributed by atoms with E-state index in [2.05, 4.69) is 10.3 Å². The zero-order valence-corrected chi connectivity index (χ0v) is 13.5. The zero-order valence-electron chi connectivity index (χ0n) is 13.5. The molecule has 2 amide bonds. The number of hydrogen-bond donors (Lipinski definition) is 1. The van der Waals surface area contributed by atoms with Gasteiger partial charge in [-0.3, -0.25) is 14.6 Å². The Bertz CT molecular complexity index is 755. The summed E-state index contributed by atoms with van der Waals surface area (Å²) in [6.07, 6.45) is 2.95. The minimum atomic E-state index is -0.287. The second-order valence-corrected chi connectivity index (χ2v) is 5.69. The van der Waals surface area contributed by atoms with Crippen molar-refractivity contribution < 1.29 is 14.3 Å². The summed E-state index contributed by atoms with van der Waals surface area (Å²) in [5.74, 6) is -0.416. The topological polar surface area (TPSA) is 71.5 Å². The molecule has 1 fully saturated rings. The third kappa shape index (κ3) is 3.78. The molecule has 1 aliphatic heterocycles. The van der Waals surface area contributed by atoms with Crippen molar-refractivity contribution in [1.82, 2.24) is 9.88 Å². The first kappa shape index (κ1) is 16.1. The molecule has 6 heteroatoms. The predicted molar refractivity (Wildman–Crippen MR) is 90.1 cm³/mol. The predicted octanol–water partition coefficient (Wildman–Crippen LogP) is 2.11. The van der Waals surface area contributed by atoms with Crippen LogP contribution in [0, 0.1) is 6.92 Å².